The molecule has 0 saturated carbocycles. The number of ether oxygens (including phenoxy) is 1. The highest BCUT2D eigenvalue weighted by Gasteiger charge is 2.20. The van der Waals surface area contributed by atoms with E-state index in [9.17, 15) is 8.78 Å². The summed E-state index contributed by atoms with van der Waals surface area (Å²) < 4.78 is 29.1. The molecule has 12 heavy (non-hydrogen) atoms. The van der Waals surface area contributed by atoms with Crippen molar-refractivity contribution in [2.24, 2.45) is 0 Å². The van der Waals surface area contributed by atoms with Crippen LogP contribution in [-0.4, -0.2) is 31.7 Å². The number of halogens is 2. The molecule has 0 radical (unpaired) electrons. The Kier molecular flexibility index (Phi) is 4.63. The van der Waals surface area contributed by atoms with Gasteiger partial charge in [0.25, 0.3) is 6.43 Å². The zero-order chi connectivity index (χ0) is 9.78. The van der Waals surface area contributed by atoms with E-state index in [1.54, 1.807) is 7.11 Å². The van der Waals surface area contributed by atoms with Crippen LogP contribution in [-0.2, 0) is 4.74 Å². The van der Waals surface area contributed by atoms with Gasteiger partial charge >= 0.3 is 0 Å². The highest BCUT2D eigenvalue weighted by atomic mass is 19.3. The Bertz CT molecular complexity index is 128. The molecule has 0 fully saturated rings. The molecule has 0 amide bonds. The molecule has 0 aromatic carbocycles. The Morgan fingerprint density at radius 3 is 2.25 bits per heavy atom. The van der Waals surface area contributed by atoms with Crippen LogP contribution in [0, 0.1) is 0 Å². The van der Waals surface area contributed by atoms with Crippen LogP contribution in [0.3, 0.4) is 0 Å². The summed E-state index contributed by atoms with van der Waals surface area (Å²) in [5, 5.41) is 2.70. The fourth-order valence-electron chi connectivity index (χ4n) is 0.568. The van der Waals surface area contributed by atoms with Crippen molar-refractivity contribution in [1.29, 1.82) is 0 Å². The van der Waals surface area contributed by atoms with E-state index in [1.807, 2.05) is 13.8 Å². The van der Waals surface area contributed by atoms with Gasteiger partial charge in [-0.15, -0.1) is 0 Å². The number of alkyl halides is 2. The minimum Gasteiger partial charge on any atom is -0.377 e. The van der Waals surface area contributed by atoms with E-state index in [-0.39, 0.29) is 5.60 Å². The average Bonchev–Trinajstić information content (AvgIpc) is 2.00. The highest BCUT2D eigenvalue weighted by Crippen LogP contribution is 2.07. The molecule has 0 saturated heterocycles. The zero-order valence-electron chi connectivity index (χ0n) is 8.03. The van der Waals surface area contributed by atoms with Gasteiger partial charge in [0.1, 0.15) is 0 Å². The molecular weight excluding hydrogens is 164 g/mol. The zero-order valence-corrected chi connectivity index (χ0v) is 8.03. The molecule has 74 valence electrons. The molecule has 0 spiro atoms. The van der Waals surface area contributed by atoms with Crippen molar-refractivity contribution in [2.45, 2.75) is 38.8 Å². The van der Waals surface area contributed by atoms with Crippen LogP contribution >= 0.6 is 0 Å². The lowest BCUT2D eigenvalue weighted by atomic mass is 10.1. The summed E-state index contributed by atoms with van der Waals surface area (Å²) in [5.41, 5.74) is -0.386. The van der Waals surface area contributed by atoms with Crippen LogP contribution in [0.15, 0.2) is 0 Å². The summed E-state index contributed by atoms with van der Waals surface area (Å²) in [6.45, 7) is 5.57. The van der Waals surface area contributed by atoms with Crippen LogP contribution in [0.1, 0.15) is 20.8 Å². The second-order valence-corrected chi connectivity index (χ2v) is 3.47. The monoisotopic (exact) mass is 181 g/mol. The second-order valence-electron chi connectivity index (χ2n) is 3.47. The molecule has 0 bridgehead atoms. The van der Waals surface area contributed by atoms with Crippen molar-refractivity contribution >= 4 is 0 Å². The fraction of sp³-hybridized carbons (Fsp3) is 1.00. The van der Waals surface area contributed by atoms with Crippen molar-refractivity contribution in [3.63, 3.8) is 0 Å². The Morgan fingerprint density at radius 1 is 1.42 bits per heavy atom. The third-order valence-electron chi connectivity index (χ3n) is 1.78. The van der Waals surface area contributed by atoms with Crippen molar-refractivity contribution in [3.05, 3.63) is 0 Å². The first kappa shape index (κ1) is 11.8. The minimum absolute atomic E-state index is 0.386. The van der Waals surface area contributed by atoms with E-state index in [1.165, 1.54) is 6.92 Å². The SMILES string of the molecule is COC(C)(C)CNC(C)C(F)F. The van der Waals surface area contributed by atoms with Gasteiger partial charge in [0.2, 0.25) is 0 Å². The molecule has 2 nitrogen and oxygen atoms in total. The van der Waals surface area contributed by atoms with Gasteiger partial charge in [-0.3, -0.25) is 0 Å². The average molecular weight is 181 g/mol. The van der Waals surface area contributed by atoms with Crippen LogP contribution in [0.25, 0.3) is 0 Å². The van der Waals surface area contributed by atoms with Gasteiger partial charge < -0.3 is 10.1 Å². The lowest BCUT2D eigenvalue weighted by molar-refractivity contribution is 0.0134. The Labute approximate surface area is 72.3 Å². The molecule has 0 aromatic rings. The van der Waals surface area contributed by atoms with Gasteiger partial charge in [0, 0.05) is 13.7 Å². The van der Waals surface area contributed by atoms with Crippen molar-refractivity contribution in [2.75, 3.05) is 13.7 Å². The van der Waals surface area contributed by atoms with Gasteiger partial charge in [0.05, 0.1) is 11.6 Å². The third kappa shape index (κ3) is 4.62. The quantitative estimate of drug-likeness (QED) is 0.696. The van der Waals surface area contributed by atoms with Gasteiger partial charge in [-0.1, -0.05) is 0 Å². The van der Waals surface area contributed by atoms with E-state index in [0.717, 1.165) is 0 Å². The Hall–Kier alpha value is -0.220. The lowest BCUT2D eigenvalue weighted by Gasteiger charge is -2.25. The minimum atomic E-state index is -2.32. The number of nitrogens with one attached hydrogen (secondary N) is 1. The fourth-order valence-corrected chi connectivity index (χ4v) is 0.568. The first-order valence-corrected chi connectivity index (χ1v) is 3.96. The third-order valence-corrected chi connectivity index (χ3v) is 1.78. The Morgan fingerprint density at radius 2 is 1.92 bits per heavy atom. The van der Waals surface area contributed by atoms with Gasteiger partial charge in [-0.25, -0.2) is 8.78 Å². The topological polar surface area (TPSA) is 21.3 Å². The van der Waals surface area contributed by atoms with E-state index < -0.39 is 12.5 Å². The molecule has 1 atom stereocenters. The van der Waals surface area contributed by atoms with Gasteiger partial charge in [-0.05, 0) is 20.8 Å². The number of rotatable bonds is 5. The molecule has 1 unspecified atom stereocenters. The molecule has 0 rings (SSSR count). The maximum absolute atomic E-state index is 12.0. The van der Waals surface area contributed by atoms with Crippen LogP contribution in [0.2, 0.25) is 0 Å². The van der Waals surface area contributed by atoms with E-state index in [2.05, 4.69) is 5.32 Å². The maximum atomic E-state index is 12.0. The van der Waals surface area contributed by atoms with E-state index in [0.29, 0.717) is 6.54 Å². The highest BCUT2D eigenvalue weighted by molar-refractivity contribution is 4.74. The van der Waals surface area contributed by atoms with Crippen molar-refractivity contribution in [1.82, 2.24) is 5.32 Å². The predicted octanol–water partition coefficient (Wildman–Crippen LogP) is 1.65. The summed E-state index contributed by atoms with van der Waals surface area (Å²) in [4.78, 5) is 0. The second kappa shape index (κ2) is 4.72. The summed E-state index contributed by atoms with van der Waals surface area (Å²) in [5.74, 6) is 0. The van der Waals surface area contributed by atoms with Gasteiger partial charge in [0.15, 0.2) is 0 Å². The number of methoxy groups -OCH3 is 1. The number of hydrogen-bond donors (Lipinski definition) is 1. The van der Waals surface area contributed by atoms with E-state index in [4.69, 9.17) is 4.74 Å². The molecule has 0 heterocycles. The molecule has 0 aliphatic carbocycles. The molecule has 0 aliphatic rings. The van der Waals surface area contributed by atoms with Gasteiger partial charge in [-0.2, -0.15) is 0 Å². The summed E-state index contributed by atoms with van der Waals surface area (Å²) in [6, 6.07) is -0.778. The van der Waals surface area contributed by atoms with Crippen LogP contribution < -0.4 is 5.32 Å². The molecule has 1 N–H and O–H groups in total. The molecule has 4 heteroatoms. The molecule has 0 aromatic heterocycles. The maximum Gasteiger partial charge on any atom is 0.253 e. The molecule has 0 aliphatic heterocycles. The predicted molar refractivity (Wildman–Crippen MR) is 44.6 cm³/mol. The Balaban J connectivity index is 3.67. The summed E-state index contributed by atoms with van der Waals surface area (Å²) in [6.07, 6.45) is -2.32. The summed E-state index contributed by atoms with van der Waals surface area (Å²) in [7, 11) is 1.56. The first-order valence-electron chi connectivity index (χ1n) is 3.96. The molecular formula is C8H17F2NO. The number of hydrogen-bond acceptors (Lipinski definition) is 2. The smallest absolute Gasteiger partial charge is 0.253 e. The lowest BCUT2D eigenvalue weighted by Crippen LogP contribution is -2.43. The summed E-state index contributed by atoms with van der Waals surface area (Å²) >= 11 is 0. The largest absolute Gasteiger partial charge is 0.377 e. The normalized spacial score (nSPS) is 15.2. The van der Waals surface area contributed by atoms with Crippen molar-refractivity contribution in [3.8, 4) is 0 Å². The van der Waals surface area contributed by atoms with Crippen molar-refractivity contribution < 1.29 is 13.5 Å². The first-order chi connectivity index (χ1) is 5.39. The van der Waals surface area contributed by atoms with Crippen LogP contribution in [0.5, 0.6) is 0 Å². The van der Waals surface area contributed by atoms with Crippen LogP contribution in [0.4, 0.5) is 8.78 Å². The standard InChI is InChI=1S/C8H17F2NO/c1-6(7(9)10)11-5-8(2,3)12-4/h6-7,11H,5H2,1-4H3. The van der Waals surface area contributed by atoms with E-state index >= 15 is 0 Å².